The summed E-state index contributed by atoms with van der Waals surface area (Å²) in [6.45, 7) is 3.93. The third-order valence-electron chi connectivity index (χ3n) is 4.41. The van der Waals surface area contributed by atoms with E-state index in [1.165, 1.54) is 0 Å². The molecule has 2 aromatic carbocycles. The maximum absolute atomic E-state index is 13.7. The summed E-state index contributed by atoms with van der Waals surface area (Å²) in [5.41, 5.74) is -0.606. The first-order chi connectivity index (χ1) is 14.6. The number of hydroxylamine groups is 2. The number of hydrogen-bond donors (Lipinski definition) is 0. The monoisotopic (exact) mass is 443 g/mol. The molecule has 0 N–H and O–H groups in total. The van der Waals surface area contributed by atoms with Gasteiger partial charge in [0.1, 0.15) is 5.56 Å². The number of allylic oxidation sites excluding steroid dienone is 1. The summed E-state index contributed by atoms with van der Waals surface area (Å²) < 4.78 is 77.4. The second-order valence-electron chi connectivity index (χ2n) is 6.39. The molecule has 0 fully saturated rings. The second-order valence-corrected chi connectivity index (χ2v) is 6.39. The third-order valence-corrected chi connectivity index (χ3v) is 4.41. The van der Waals surface area contributed by atoms with Crippen LogP contribution in [0.5, 0.6) is 11.5 Å². The molecule has 164 valence electrons. The highest BCUT2D eigenvalue weighted by atomic mass is 19.2. The smallest absolute Gasteiger partial charge is 0.369 e. The van der Waals surface area contributed by atoms with Gasteiger partial charge in [0.2, 0.25) is 12.6 Å². The molecule has 0 radical (unpaired) electrons. The minimum absolute atomic E-state index is 0.0863. The maximum Gasteiger partial charge on any atom is 0.369 e. The van der Waals surface area contributed by atoms with Crippen LogP contribution in [0, 0.1) is 29.1 Å². The first-order valence-electron chi connectivity index (χ1n) is 8.69. The van der Waals surface area contributed by atoms with Crippen molar-refractivity contribution in [1.82, 2.24) is 5.06 Å². The molecule has 1 amide bonds. The second kappa shape index (κ2) is 8.62. The van der Waals surface area contributed by atoms with Gasteiger partial charge in [0.15, 0.2) is 34.8 Å². The van der Waals surface area contributed by atoms with Crippen molar-refractivity contribution in [3.8, 4) is 11.5 Å². The Labute approximate surface area is 172 Å². The number of ether oxygens (including phenoxy) is 2. The summed E-state index contributed by atoms with van der Waals surface area (Å²) in [5.74, 6) is -13.4. The highest BCUT2D eigenvalue weighted by Crippen LogP contribution is 2.35. The Morgan fingerprint density at radius 3 is 2.19 bits per heavy atom. The van der Waals surface area contributed by atoms with E-state index in [1.807, 2.05) is 0 Å². The fourth-order valence-corrected chi connectivity index (χ4v) is 2.68. The van der Waals surface area contributed by atoms with Crippen LogP contribution in [0.2, 0.25) is 0 Å². The van der Waals surface area contributed by atoms with E-state index in [0.29, 0.717) is 27.7 Å². The molecule has 1 aliphatic heterocycles. The Balaban J connectivity index is 1.62. The maximum atomic E-state index is 13.7. The van der Waals surface area contributed by atoms with Crippen LogP contribution < -0.4 is 9.47 Å². The number of benzene rings is 2. The molecule has 0 aromatic heterocycles. The molecule has 0 unspecified atom stereocenters. The van der Waals surface area contributed by atoms with E-state index >= 15 is 0 Å². The Morgan fingerprint density at radius 2 is 1.55 bits per heavy atom. The highest BCUT2D eigenvalue weighted by molar-refractivity contribution is 5.91. The van der Waals surface area contributed by atoms with Crippen molar-refractivity contribution < 1.29 is 45.9 Å². The summed E-state index contributed by atoms with van der Waals surface area (Å²) in [5, 5.41) is 0.341. The van der Waals surface area contributed by atoms with Crippen molar-refractivity contribution in [3.63, 3.8) is 0 Å². The first kappa shape index (κ1) is 22.1. The molecule has 31 heavy (non-hydrogen) atoms. The van der Waals surface area contributed by atoms with Crippen LogP contribution in [0.15, 0.2) is 24.8 Å². The lowest BCUT2D eigenvalue weighted by Crippen LogP contribution is -2.31. The van der Waals surface area contributed by atoms with Gasteiger partial charge >= 0.3 is 5.97 Å². The standard InChI is InChI=1S/C20H14F5NO5/c1-9(10-4-5-11-12(7-10)30-8-29-11)3-6-13(27)26(2)31-20(28)14-15(21)17(23)19(25)18(24)16(14)22/h4-5,7H,1,3,6,8H2,2H3. The van der Waals surface area contributed by atoms with Crippen LogP contribution >= 0.6 is 0 Å². The van der Waals surface area contributed by atoms with Crippen LogP contribution in [0.25, 0.3) is 5.57 Å². The van der Waals surface area contributed by atoms with Crippen LogP contribution in [0.4, 0.5) is 22.0 Å². The van der Waals surface area contributed by atoms with Gasteiger partial charge in [0, 0.05) is 13.5 Å². The average molecular weight is 443 g/mol. The predicted octanol–water partition coefficient (Wildman–Crippen LogP) is 4.13. The lowest BCUT2D eigenvalue weighted by Gasteiger charge is -2.17. The Kier molecular flexibility index (Phi) is 6.14. The number of carbonyl (C=O) groups is 2. The molecule has 0 bridgehead atoms. The lowest BCUT2D eigenvalue weighted by molar-refractivity contribution is -0.161. The number of fused-ring (bicyclic) bond motifs is 1. The summed E-state index contributed by atoms with van der Waals surface area (Å²) in [7, 11) is 0.954. The lowest BCUT2D eigenvalue weighted by atomic mass is 10.0. The number of rotatable bonds is 5. The molecule has 0 aliphatic carbocycles. The number of hydrogen-bond acceptors (Lipinski definition) is 5. The molecule has 0 spiro atoms. The number of amides is 1. The molecule has 0 saturated carbocycles. The van der Waals surface area contributed by atoms with Crippen molar-refractivity contribution in [2.45, 2.75) is 12.8 Å². The Morgan fingerprint density at radius 1 is 0.968 bits per heavy atom. The molecule has 3 rings (SSSR count). The predicted molar refractivity (Wildman–Crippen MR) is 95.3 cm³/mol. The van der Waals surface area contributed by atoms with E-state index in [9.17, 15) is 31.5 Å². The number of halogens is 5. The van der Waals surface area contributed by atoms with Crippen LogP contribution in [-0.2, 0) is 9.63 Å². The zero-order valence-corrected chi connectivity index (χ0v) is 15.9. The molecule has 0 atom stereocenters. The van der Waals surface area contributed by atoms with E-state index in [2.05, 4.69) is 11.4 Å². The van der Waals surface area contributed by atoms with Crippen molar-refractivity contribution in [1.29, 1.82) is 0 Å². The van der Waals surface area contributed by atoms with Crippen molar-refractivity contribution in [3.05, 3.63) is 65.0 Å². The third kappa shape index (κ3) is 4.30. The zero-order chi connectivity index (χ0) is 22.9. The quantitative estimate of drug-likeness (QED) is 0.301. The van der Waals surface area contributed by atoms with Crippen molar-refractivity contribution in [2.24, 2.45) is 0 Å². The summed E-state index contributed by atoms with van der Waals surface area (Å²) in [6.07, 6.45) is -0.114. The molecule has 2 aromatic rings. The molecule has 6 nitrogen and oxygen atoms in total. The Hall–Kier alpha value is -3.63. The van der Waals surface area contributed by atoms with E-state index in [-0.39, 0.29) is 19.6 Å². The summed E-state index contributed by atoms with van der Waals surface area (Å²) in [4.78, 5) is 28.5. The van der Waals surface area contributed by atoms with Gasteiger partial charge in [-0.1, -0.05) is 12.6 Å². The van der Waals surface area contributed by atoms with Gasteiger partial charge in [-0.05, 0) is 29.7 Å². The molecule has 1 aliphatic rings. The molecule has 1 heterocycles. The highest BCUT2D eigenvalue weighted by Gasteiger charge is 2.32. The average Bonchev–Trinajstić information content (AvgIpc) is 3.22. The van der Waals surface area contributed by atoms with Gasteiger partial charge in [0.25, 0.3) is 5.91 Å². The van der Waals surface area contributed by atoms with Crippen molar-refractivity contribution in [2.75, 3.05) is 13.8 Å². The zero-order valence-electron chi connectivity index (χ0n) is 15.9. The number of nitrogens with zero attached hydrogens (tertiary/aromatic N) is 1. The van der Waals surface area contributed by atoms with Crippen LogP contribution in [-0.4, -0.2) is 30.8 Å². The molecular formula is C20H14F5NO5. The van der Waals surface area contributed by atoms with Gasteiger partial charge in [-0.25, -0.2) is 26.7 Å². The fraction of sp³-hybridized carbons (Fsp3) is 0.200. The minimum atomic E-state index is -2.42. The molecular weight excluding hydrogens is 429 g/mol. The van der Waals surface area contributed by atoms with Gasteiger partial charge in [-0.3, -0.25) is 4.79 Å². The fourth-order valence-electron chi connectivity index (χ4n) is 2.68. The first-order valence-corrected chi connectivity index (χ1v) is 8.69. The van der Waals surface area contributed by atoms with Gasteiger partial charge in [-0.2, -0.15) is 5.06 Å². The molecule has 0 saturated heterocycles. The van der Waals surface area contributed by atoms with E-state index in [1.54, 1.807) is 18.2 Å². The Bertz CT molecular complexity index is 1060. The topological polar surface area (TPSA) is 65.1 Å². The minimum Gasteiger partial charge on any atom is -0.454 e. The largest absolute Gasteiger partial charge is 0.454 e. The van der Waals surface area contributed by atoms with Crippen molar-refractivity contribution >= 4 is 17.4 Å². The van der Waals surface area contributed by atoms with Gasteiger partial charge in [-0.15, -0.1) is 0 Å². The number of carbonyl (C=O) groups excluding carboxylic acids is 2. The van der Waals surface area contributed by atoms with Crippen LogP contribution in [0.1, 0.15) is 28.8 Å². The summed E-state index contributed by atoms with van der Waals surface area (Å²) >= 11 is 0. The summed E-state index contributed by atoms with van der Waals surface area (Å²) in [6, 6.07) is 5.04. The van der Waals surface area contributed by atoms with E-state index < -0.39 is 46.5 Å². The van der Waals surface area contributed by atoms with Gasteiger partial charge in [0.05, 0.1) is 0 Å². The molecule has 11 heteroatoms. The van der Waals surface area contributed by atoms with Gasteiger partial charge < -0.3 is 14.3 Å². The SMILES string of the molecule is C=C(CCC(=O)N(C)OC(=O)c1c(F)c(F)c(F)c(F)c1F)c1ccc2c(c1)OCO2. The van der Waals surface area contributed by atoms with Crippen LogP contribution in [0.3, 0.4) is 0 Å². The van der Waals surface area contributed by atoms with E-state index in [0.717, 1.165) is 7.05 Å². The normalized spacial score (nSPS) is 11.9. The van der Waals surface area contributed by atoms with E-state index in [4.69, 9.17) is 9.47 Å².